The maximum Gasteiger partial charge on any atom is 0.185 e. The molecule has 0 fully saturated rings. The van der Waals surface area contributed by atoms with E-state index in [-0.39, 0.29) is 5.78 Å². The fourth-order valence-electron chi connectivity index (χ4n) is 2.49. The smallest absolute Gasteiger partial charge is 0.185 e. The molecule has 0 unspecified atom stereocenters. The van der Waals surface area contributed by atoms with Crippen LogP contribution in [-0.4, -0.2) is 10.9 Å². The topological polar surface area (TPSA) is 41.1 Å². The minimum Gasteiger partial charge on any atom is -0.332 e. The van der Waals surface area contributed by atoms with Crippen LogP contribution >= 0.6 is 23.8 Å². The summed E-state index contributed by atoms with van der Waals surface area (Å²) < 4.78 is 0. The summed E-state index contributed by atoms with van der Waals surface area (Å²) in [5.41, 5.74) is 4.44. The first-order chi connectivity index (χ1) is 13.5. The molecule has 5 heteroatoms. The zero-order valence-corrected chi connectivity index (χ0v) is 16.8. The van der Waals surface area contributed by atoms with E-state index in [2.05, 4.69) is 10.6 Å². The monoisotopic (exact) mass is 406 g/mol. The lowest BCUT2D eigenvalue weighted by Crippen LogP contribution is -2.18. The van der Waals surface area contributed by atoms with E-state index < -0.39 is 0 Å². The summed E-state index contributed by atoms with van der Waals surface area (Å²) >= 11 is 11.2. The Morgan fingerprint density at radius 1 is 0.857 bits per heavy atom. The summed E-state index contributed by atoms with van der Waals surface area (Å²) in [7, 11) is 0. The predicted molar refractivity (Wildman–Crippen MR) is 122 cm³/mol. The van der Waals surface area contributed by atoms with Crippen LogP contribution in [0, 0.1) is 6.92 Å². The van der Waals surface area contributed by atoms with Crippen molar-refractivity contribution >= 4 is 52.2 Å². The molecule has 0 bridgehead atoms. The van der Waals surface area contributed by atoms with Crippen molar-refractivity contribution in [1.82, 2.24) is 0 Å². The minimum atomic E-state index is -0.0472. The highest BCUT2D eigenvalue weighted by Gasteiger charge is 2.03. The highest BCUT2D eigenvalue weighted by atomic mass is 35.5. The number of rotatable bonds is 5. The van der Waals surface area contributed by atoms with Gasteiger partial charge in [0.15, 0.2) is 10.9 Å². The third-order valence-corrected chi connectivity index (χ3v) is 4.49. The summed E-state index contributed by atoms with van der Waals surface area (Å²) in [6.45, 7) is 2.03. The maximum absolute atomic E-state index is 12.3. The molecule has 0 atom stereocenters. The van der Waals surface area contributed by atoms with E-state index in [0.29, 0.717) is 15.7 Å². The third-order valence-electron chi connectivity index (χ3n) is 4.03. The Kier molecular flexibility index (Phi) is 6.58. The van der Waals surface area contributed by atoms with Crippen LogP contribution in [-0.2, 0) is 0 Å². The van der Waals surface area contributed by atoms with Crippen molar-refractivity contribution in [3.05, 3.63) is 101 Å². The minimum absolute atomic E-state index is 0.0472. The molecule has 0 aromatic heterocycles. The molecule has 2 N–H and O–H groups in total. The van der Waals surface area contributed by atoms with E-state index in [1.807, 2.05) is 61.5 Å². The molecule has 0 aliphatic heterocycles. The van der Waals surface area contributed by atoms with Crippen LogP contribution in [0.15, 0.2) is 78.9 Å². The second-order valence-electron chi connectivity index (χ2n) is 6.27. The number of carbonyl (C=O) groups excluding carboxylic acids is 1. The number of aryl methyl sites for hydroxylation is 1. The van der Waals surface area contributed by atoms with Crippen LogP contribution in [0.2, 0.25) is 5.02 Å². The zero-order valence-electron chi connectivity index (χ0n) is 15.3. The van der Waals surface area contributed by atoms with Gasteiger partial charge >= 0.3 is 0 Å². The molecule has 28 heavy (non-hydrogen) atoms. The molecule has 3 aromatic rings. The van der Waals surface area contributed by atoms with Crippen LogP contribution in [0.4, 0.5) is 11.4 Å². The number of hydrogen-bond acceptors (Lipinski definition) is 2. The van der Waals surface area contributed by atoms with Crippen LogP contribution in [0.3, 0.4) is 0 Å². The Hall–Kier alpha value is -2.95. The highest BCUT2D eigenvalue weighted by molar-refractivity contribution is 7.80. The number of allylic oxidation sites excluding steroid dienone is 1. The standard InChI is InChI=1S/C23H19ClN2OS/c1-16-2-4-17(5-3-16)6-15-22(27)18-7-11-20(12-8-18)25-23(28)26-21-13-9-19(24)10-14-21/h2-15H,1H3,(H2,25,26,28)/b15-6+. The van der Waals surface area contributed by atoms with Gasteiger partial charge in [0.25, 0.3) is 0 Å². The molecule has 0 heterocycles. The van der Waals surface area contributed by atoms with E-state index >= 15 is 0 Å². The molecule has 3 nitrogen and oxygen atoms in total. The molecule has 0 spiro atoms. The number of nitrogens with one attached hydrogen (secondary N) is 2. The fourth-order valence-corrected chi connectivity index (χ4v) is 2.85. The van der Waals surface area contributed by atoms with Crippen molar-refractivity contribution in [2.75, 3.05) is 10.6 Å². The molecule has 0 aliphatic rings. The molecule has 0 saturated carbocycles. The lowest BCUT2D eigenvalue weighted by atomic mass is 10.1. The Balaban J connectivity index is 1.57. The number of thiocarbonyl (C=S) groups is 1. The Labute approximate surface area is 175 Å². The van der Waals surface area contributed by atoms with Gasteiger partial charge in [0.2, 0.25) is 0 Å². The number of hydrogen-bond donors (Lipinski definition) is 2. The van der Waals surface area contributed by atoms with Gasteiger partial charge in [-0.15, -0.1) is 0 Å². The zero-order chi connectivity index (χ0) is 19.9. The lowest BCUT2D eigenvalue weighted by Gasteiger charge is -2.11. The molecule has 0 radical (unpaired) electrons. The van der Waals surface area contributed by atoms with Gasteiger partial charge in [-0.05, 0) is 79.3 Å². The van der Waals surface area contributed by atoms with E-state index in [1.54, 1.807) is 30.3 Å². The Bertz CT molecular complexity index is 994. The largest absolute Gasteiger partial charge is 0.332 e. The first-order valence-electron chi connectivity index (χ1n) is 8.72. The molecule has 0 aliphatic carbocycles. The quantitative estimate of drug-likeness (QED) is 0.294. The summed E-state index contributed by atoms with van der Waals surface area (Å²) in [6.07, 6.45) is 3.40. The van der Waals surface area contributed by atoms with Crippen molar-refractivity contribution in [3.63, 3.8) is 0 Å². The van der Waals surface area contributed by atoms with Crippen molar-refractivity contribution in [1.29, 1.82) is 0 Å². The van der Waals surface area contributed by atoms with Crippen LogP contribution in [0.5, 0.6) is 0 Å². The number of anilines is 2. The molecule has 3 aromatic carbocycles. The van der Waals surface area contributed by atoms with E-state index in [9.17, 15) is 4.79 Å². The first kappa shape index (κ1) is 19.8. The van der Waals surface area contributed by atoms with Crippen molar-refractivity contribution in [3.8, 4) is 0 Å². The number of benzene rings is 3. The van der Waals surface area contributed by atoms with E-state index in [4.69, 9.17) is 23.8 Å². The molecule has 140 valence electrons. The summed E-state index contributed by atoms with van der Waals surface area (Å²) in [5.74, 6) is -0.0472. The molecular formula is C23H19ClN2OS. The van der Waals surface area contributed by atoms with Gasteiger partial charge in [-0.1, -0.05) is 47.5 Å². The van der Waals surface area contributed by atoms with Gasteiger partial charge in [-0.3, -0.25) is 4.79 Å². The van der Waals surface area contributed by atoms with E-state index in [1.165, 1.54) is 5.56 Å². The average Bonchev–Trinajstić information content (AvgIpc) is 2.69. The van der Waals surface area contributed by atoms with Gasteiger partial charge in [-0.25, -0.2) is 0 Å². The van der Waals surface area contributed by atoms with Crippen molar-refractivity contribution < 1.29 is 4.79 Å². The number of halogens is 1. The maximum atomic E-state index is 12.3. The van der Waals surface area contributed by atoms with Crippen molar-refractivity contribution in [2.45, 2.75) is 6.92 Å². The molecular weight excluding hydrogens is 388 g/mol. The van der Waals surface area contributed by atoms with Crippen molar-refractivity contribution in [2.24, 2.45) is 0 Å². The second kappa shape index (κ2) is 9.31. The van der Waals surface area contributed by atoms with E-state index in [0.717, 1.165) is 16.9 Å². The van der Waals surface area contributed by atoms with Gasteiger partial charge in [0, 0.05) is 22.0 Å². The first-order valence-corrected chi connectivity index (χ1v) is 9.51. The van der Waals surface area contributed by atoms with Gasteiger partial charge in [-0.2, -0.15) is 0 Å². The van der Waals surface area contributed by atoms with Gasteiger partial charge < -0.3 is 10.6 Å². The number of carbonyl (C=O) groups is 1. The Morgan fingerprint density at radius 2 is 1.39 bits per heavy atom. The summed E-state index contributed by atoms with van der Waals surface area (Å²) in [6, 6.07) is 22.5. The molecule has 3 rings (SSSR count). The van der Waals surface area contributed by atoms with Crippen LogP contribution in [0.1, 0.15) is 21.5 Å². The average molecular weight is 407 g/mol. The SMILES string of the molecule is Cc1ccc(/C=C/C(=O)c2ccc(NC(=S)Nc3ccc(Cl)cc3)cc2)cc1. The third kappa shape index (κ3) is 5.78. The van der Waals surface area contributed by atoms with Gasteiger partial charge in [0.1, 0.15) is 0 Å². The number of ketones is 1. The summed E-state index contributed by atoms with van der Waals surface area (Å²) in [5, 5.41) is 7.30. The fraction of sp³-hybridized carbons (Fsp3) is 0.0435. The van der Waals surface area contributed by atoms with Crippen LogP contribution < -0.4 is 10.6 Å². The summed E-state index contributed by atoms with van der Waals surface area (Å²) in [4.78, 5) is 12.3. The second-order valence-corrected chi connectivity index (χ2v) is 7.12. The normalized spacial score (nSPS) is 10.6. The Morgan fingerprint density at radius 3 is 1.96 bits per heavy atom. The molecule has 0 amide bonds. The highest BCUT2D eigenvalue weighted by Crippen LogP contribution is 2.15. The lowest BCUT2D eigenvalue weighted by molar-refractivity contribution is 0.104. The van der Waals surface area contributed by atoms with Crippen LogP contribution in [0.25, 0.3) is 6.08 Å². The predicted octanol–water partition coefficient (Wildman–Crippen LogP) is 6.35. The van der Waals surface area contributed by atoms with Gasteiger partial charge in [0.05, 0.1) is 0 Å². The molecule has 0 saturated heterocycles.